The third-order valence-electron chi connectivity index (χ3n) is 2.71. The summed E-state index contributed by atoms with van der Waals surface area (Å²) in [6, 6.07) is 3.90. The average molecular weight is 325 g/mol. The minimum atomic E-state index is 0.0543. The molecule has 0 radical (unpaired) electrons. The predicted molar refractivity (Wildman–Crippen MR) is 86.2 cm³/mol. The van der Waals surface area contributed by atoms with Crippen LogP contribution in [0, 0.1) is 5.92 Å². The van der Waals surface area contributed by atoms with Gasteiger partial charge in [-0.05, 0) is 23.8 Å². The maximum absolute atomic E-state index is 11.6. The summed E-state index contributed by atoms with van der Waals surface area (Å²) in [4.78, 5) is 16.9. The van der Waals surface area contributed by atoms with Crippen molar-refractivity contribution in [3.63, 3.8) is 0 Å². The van der Waals surface area contributed by atoms with Crippen LogP contribution in [0.15, 0.2) is 22.0 Å². The van der Waals surface area contributed by atoms with Crippen molar-refractivity contribution in [1.29, 1.82) is 0 Å². The Kier molecular flexibility index (Phi) is 6.25. The van der Waals surface area contributed by atoms with Crippen LogP contribution in [-0.2, 0) is 10.5 Å². The van der Waals surface area contributed by atoms with E-state index in [2.05, 4.69) is 29.3 Å². The van der Waals surface area contributed by atoms with E-state index in [0.29, 0.717) is 29.1 Å². The molecular weight excluding hydrogens is 306 g/mol. The zero-order valence-corrected chi connectivity index (χ0v) is 13.8. The third-order valence-corrected chi connectivity index (χ3v) is 4.50. The highest BCUT2D eigenvalue weighted by Gasteiger charge is 2.10. The van der Waals surface area contributed by atoms with Crippen molar-refractivity contribution in [2.24, 2.45) is 5.92 Å². The minimum Gasteiger partial charge on any atom is -0.355 e. The molecule has 0 bridgehead atoms. The Morgan fingerprint density at radius 1 is 1.52 bits per heavy atom. The average Bonchev–Trinajstić information content (AvgIpc) is 3.08. The van der Waals surface area contributed by atoms with Crippen LogP contribution in [0.3, 0.4) is 0 Å². The molecule has 2 aromatic rings. The van der Waals surface area contributed by atoms with Gasteiger partial charge in [-0.15, -0.1) is 23.1 Å². The van der Waals surface area contributed by atoms with Gasteiger partial charge in [0.25, 0.3) is 0 Å². The molecule has 2 heterocycles. The fourth-order valence-corrected chi connectivity index (χ4v) is 2.93. The van der Waals surface area contributed by atoms with Crippen LogP contribution in [0.4, 0.5) is 0 Å². The second-order valence-corrected chi connectivity index (χ2v) is 6.95. The fourth-order valence-electron chi connectivity index (χ4n) is 1.60. The maximum atomic E-state index is 11.6. The lowest BCUT2D eigenvalue weighted by Crippen LogP contribution is -2.26. The van der Waals surface area contributed by atoms with E-state index in [9.17, 15) is 4.79 Å². The molecule has 114 valence electrons. The summed E-state index contributed by atoms with van der Waals surface area (Å²) in [5.74, 6) is 2.79. The van der Waals surface area contributed by atoms with Crippen LogP contribution in [0.5, 0.6) is 0 Å². The smallest absolute Gasteiger partial charge is 0.236 e. The summed E-state index contributed by atoms with van der Waals surface area (Å²) in [7, 11) is 0. The molecule has 0 aromatic carbocycles. The topological polar surface area (TPSA) is 68.0 Å². The Labute approximate surface area is 132 Å². The summed E-state index contributed by atoms with van der Waals surface area (Å²) in [6.07, 6.45) is 1.00. The molecule has 1 N–H and O–H groups in total. The number of nitrogens with one attached hydrogen (secondary N) is 1. The molecule has 0 fully saturated rings. The van der Waals surface area contributed by atoms with Crippen molar-refractivity contribution in [2.75, 3.05) is 12.3 Å². The van der Waals surface area contributed by atoms with Crippen molar-refractivity contribution >= 4 is 29.0 Å². The number of thioether (sulfide) groups is 1. The molecule has 21 heavy (non-hydrogen) atoms. The molecule has 0 saturated heterocycles. The first-order chi connectivity index (χ1) is 10.1. The number of hydrogen-bond acceptors (Lipinski definition) is 6. The van der Waals surface area contributed by atoms with Crippen LogP contribution in [0.25, 0.3) is 10.7 Å². The molecule has 0 unspecified atom stereocenters. The number of carbonyl (C=O) groups excluding carboxylic acids is 1. The van der Waals surface area contributed by atoms with E-state index in [1.807, 2.05) is 17.5 Å². The third kappa shape index (κ3) is 5.51. The number of thiophene rings is 1. The highest BCUT2D eigenvalue weighted by Crippen LogP contribution is 2.22. The van der Waals surface area contributed by atoms with E-state index in [-0.39, 0.29) is 5.91 Å². The van der Waals surface area contributed by atoms with Gasteiger partial charge >= 0.3 is 0 Å². The Hall–Kier alpha value is -1.34. The van der Waals surface area contributed by atoms with Gasteiger partial charge in [0.15, 0.2) is 0 Å². The van der Waals surface area contributed by atoms with Crippen molar-refractivity contribution < 1.29 is 9.32 Å². The lowest BCUT2D eigenvalue weighted by Gasteiger charge is -2.06. The molecule has 0 aliphatic carbocycles. The van der Waals surface area contributed by atoms with Gasteiger partial charge < -0.3 is 9.84 Å². The van der Waals surface area contributed by atoms with Gasteiger partial charge in [-0.1, -0.05) is 25.1 Å². The van der Waals surface area contributed by atoms with Crippen LogP contribution in [0.1, 0.15) is 26.2 Å². The molecule has 0 saturated carbocycles. The van der Waals surface area contributed by atoms with Gasteiger partial charge in [0.05, 0.1) is 16.4 Å². The first-order valence-corrected chi connectivity index (χ1v) is 8.89. The SMILES string of the molecule is CC(C)CCNC(=O)CSCc1nc(-c2cccs2)no1. The molecule has 0 spiro atoms. The summed E-state index contributed by atoms with van der Waals surface area (Å²) in [5.41, 5.74) is 0. The number of carbonyl (C=O) groups is 1. The number of rotatable bonds is 8. The van der Waals surface area contributed by atoms with Crippen LogP contribution < -0.4 is 5.32 Å². The molecule has 5 nitrogen and oxygen atoms in total. The first-order valence-electron chi connectivity index (χ1n) is 6.86. The fraction of sp³-hybridized carbons (Fsp3) is 0.500. The van der Waals surface area contributed by atoms with Gasteiger partial charge in [-0.25, -0.2) is 0 Å². The second kappa shape index (κ2) is 8.19. The zero-order valence-electron chi connectivity index (χ0n) is 12.2. The van der Waals surface area contributed by atoms with Crippen molar-refractivity contribution in [3.05, 3.63) is 23.4 Å². The maximum Gasteiger partial charge on any atom is 0.236 e. The number of amides is 1. The van der Waals surface area contributed by atoms with Gasteiger partial charge in [-0.3, -0.25) is 4.79 Å². The molecule has 0 aliphatic rings. The van der Waals surface area contributed by atoms with E-state index < -0.39 is 0 Å². The van der Waals surface area contributed by atoms with Crippen LogP contribution in [0.2, 0.25) is 0 Å². The van der Waals surface area contributed by atoms with E-state index >= 15 is 0 Å². The quantitative estimate of drug-likeness (QED) is 0.807. The van der Waals surface area contributed by atoms with E-state index in [4.69, 9.17) is 4.52 Å². The predicted octanol–water partition coefficient (Wildman–Crippen LogP) is 3.19. The Balaban J connectivity index is 1.68. The highest BCUT2D eigenvalue weighted by atomic mass is 32.2. The molecule has 1 amide bonds. The monoisotopic (exact) mass is 325 g/mol. The van der Waals surface area contributed by atoms with E-state index in [1.165, 1.54) is 11.8 Å². The van der Waals surface area contributed by atoms with Crippen molar-refractivity contribution in [2.45, 2.75) is 26.0 Å². The highest BCUT2D eigenvalue weighted by molar-refractivity contribution is 7.99. The standard InChI is InChI=1S/C14H19N3O2S2/c1-10(2)5-6-15-12(18)8-20-9-13-16-14(17-19-13)11-4-3-7-21-11/h3-4,7,10H,5-6,8-9H2,1-2H3,(H,15,18). The Morgan fingerprint density at radius 3 is 3.10 bits per heavy atom. The van der Waals surface area contributed by atoms with Crippen molar-refractivity contribution in [1.82, 2.24) is 15.5 Å². The lowest BCUT2D eigenvalue weighted by atomic mass is 10.1. The molecule has 7 heteroatoms. The Morgan fingerprint density at radius 2 is 2.38 bits per heavy atom. The summed E-state index contributed by atoms with van der Waals surface area (Å²) in [5, 5.41) is 8.81. The zero-order chi connectivity index (χ0) is 15.1. The normalized spacial score (nSPS) is 11.0. The largest absolute Gasteiger partial charge is 0.355 e. The van der Waals surface area contributed by atoms with Crippen LogP contribution >= 0.6 is 23.1 Å². The minimum absolute atomic E-state index is 0.0543. The first kappa shape index (κ1) is 16.0. The number of nitrogens with zero attached hydrogens (tertiary/aromatic N) is 2. The second-order valence-electron chi connectivity index (χ2n) is 5.01. The molecule has 2 aromatic heterocycles. The summed E-state index contributed by atoms with van der Waals surface area (Å²) < 4.78 is 5.18. The van der Waals surface area contributed by atoms with E-state index in [0.717, 1.165) is 17.8 Å². The van der Waals surface area contributed by atoms with Gasteiger partial charge in [0.1, 0.15) is 0 Å². The van der Waals surface area contributed by atoms with Crippen LogP contribution in [-0.4, -0.2) is 28.3 Å². The van der Waals surface area contributed by atoms with Gasteiger partial charge in [0.2, 0.25) is 17.6 Å². The van der Waals surface area contributed by atoms with E-state index in [1.54, 1.807) is 11.3 Å². The molecule has 2 rings (SSSR count). The lowest BCUT2D eigenvalue weighted by molar-refractivity contribution is -0.118. The number of hydrogen-bond donors (Lipinski definition) is 1. The summed E-state index contributed by atoms with van der Waals surface area (Å²) in [6.45, 7) is 5.02. The molecule has 0 aliphatic heterocycles. The van der Waals surface area contributed by atoms with Gasteiger partial charge in [-0.2, -0.15) is 4.98 Å². The van der Waals surface area contributed by atoms with Crippen molar-refractivity contribution in [3.8, 4) is 10.7 Å². The summed E-state index contributed by atoms with van der Waals surface area (Å²) >= 11 is 3.05. The molecule has 0 atom stereocenters. The molecular formula is C14H19N3O2S2. The van der Waals surface area contributed by atoms with Gasteiger partial charge in [0, 0.05) is 6.54 Å². The Bertz CT molecular complexity index is 552. The number of aromatic nitrogens is 2.